The molecule has 0 N–H and O–H groups in total. The van der Waals surface area contributed by atoms with Gasteiger partial charge in [0.25, 0.3) is 0 Å². The number of furan rings is 1. The summed E-state index contributed by atoms with van der Waals surface area (Å²) >= 11 is 0. The van der Waals surface area contributed by atoms with E-state index in [4.69, 9.17) is 4.42 Å². The van der Waals surface area contributed by atoms with Gasteiger partial charge in [0.05, 0.1) is 38.5 Å². The fourth-order valence-corrected chi connectivity index (χ4v) is 17.0. The van der Waals surface area contributed by atoms with Crippen molar-refractivity contribution in [2.24, 2.45) is 0 Å². The third-order valence-electron chi connectivity index (χ3n) is 15.2. The molecule has 15 rings (SSSR count). The van der Waals surface area contributed by atoms with Gasteiger partial charge in [0.15, 0.2) is 8.07 Å². The molecule has 0 aliphatic carbocycles. The van der Waals surface area contributed by atoms with Crippen LogP contribution in [-0.4, -0.2) is 21.8 Å². The Bertz CT molecular complexity index is 4480. The number of benzene rings is 11. The highest BCUT2D eigenvalue weighted by molar-refractivity contribution is 7.19. The molecule has 0 saturated carbocycles. The van der Waals surface area contributed by atoms with Gasteiger partial charge in [-0.3, -0.25) is 0 Å². The Morgan fingerprint density at radius 3 is 1.23 bits per heavy atom. The first-order valence-electron chi connectivity index (χ1n) is 24.4. The molecule has 0 unspecified atom stereocenters. The Labute approximate surface area is 410 Å². The van der Waals surface area contributed by atoms with Gasteiger partial charge in [0, 0.05) is 54.8 Å². The third kappa shape index (κ3) is 5.72. The van der Waals surface area contributed by atoms with Crippen LogP contribution in [0.1, 0.15) is 0 Å². The Balaban J connectivity index is 0.915. The molecule has 0 atom stereocenters. The maximum atomic E-state index is 6.64. The Morgan fingerprint density at radius 1 is 0.254 bits per heavy atom. The van der Waals surface area contributed by atoms with Crippen molar-refractivity contribution in [2.75, 3.05) is 0 Å². The molecule has 0 spiro atoms. The third-order valence-corrected chi connectivity index (χ3v) is 19.9. The number of aromatic nitrogens is 3. The molecule has 0 fully saturated rings. The summed E-state index contributed by atoms with van der Waals surface area (Å²) < 4.78 is 14.0. The lowest BCUT2D eigenvalue weighted by Crippen LogP contribution is -2.74. The number of hydrogen-bond acceptors (Lipinski definition) is 1. The van der Waals surface area contributed by atoms with E-state index in [-0.39, 0.29) is 0 Å². The number of hydrogen-bond donors (Lipinski definition) is 0. The topological polar surface area (TPSA) is 27.9 Å². The fraction of sp³-hybridized carbons (Fsp3) is 0. The molecule has 0 amide bonds. The largest absolute Gasteiger partial charge is 0.455 e. The van der Waals surface area contributed by atoms with Gasteiger partial charge >= 0.3 is 0 Å². The highest BCUT2D eigenvalue weighted by Crippen LogP contribution is 2.42. The summed E-state index contributed by atoms with van der Waals surface area (Å²) in [5, 5.41) is 14.9. The minimum atomic E-state index is -2.77. The Hall–Kier alpha value is -9.16. The van der Waals surface area contributed by atoms with E-state index in [1.165, 1.54) is 64.2 Å². The number of fused-ring (bicyclic) bond motifs is 13. The van der Waals surface area contributed by atoms with Crippen LogP contribution in [0.3, 0.4) is 0 Å². The monoisotopic (exact) mass is 921 g/mol. The van der Waals surface area contributed by atoms with E-state index in [0.29, 0.717) is 0 Å². The van der Waals surface area contributed by atoms with Gasteiger partial charge in [-0.2, -0.15) is 0 Å². The average Bonchev–Trinajstić information content (AvgIpc) is 4.18. The summed E-state index contributed by atoms with van der Waals surface area (Å²) in [5.74, 6) is 0. The van der Waals surface area contributed by atoms with Crippen LogP contribution in [0.2, 0.25) is 0 Å². The van der Waals surface area contributed by atoms with E-state index < -0.39 is 8.07 Å². The molecule has 15 aromatic rings. The van der Waals surface area contributed by atoms with Crippen LogP contribution >= 0.6 is 0 Å². The second kappa shape index (κ2) is 15.4. The van der Waals surface area contributed by atoms with Crippen molar-refractivity contribution >= 4 is 116 Å². The van der Waals surface area contributed by atoms with Gasteiger partial charge in [-0.15, -0.1) is 0 Å². The summed E-state index contributed by atoms with van der Waals surface area (Å²) in [4.78, 5) is 0. The van der Waals surface area contributed by atoms with Crippen molar-refractivity contribution in [3.63, 3.8) is 0 Å². The number of para-hydroxylation sites is 4. The molecule has 4 heterocycles. The zero-order chi connectivity index (χ0) is 46.6. The van der Waals surface area contributed by atoms with Crippen molar-refractivity contribution in [2.45, 2.75) is 0 Å². The Morgan fingerprint density at radius 2 is 0.662 bits per heavy atom. The van der Waals surface area contributed by atoms with E-state index in [1.807, 2.05) is 6.07 Å². The zero-order valence-corrected chi connectivity index (χ0v) is 39.6. The van der Waals surface area contributed by atoms with Crippen molar-refractivity contribution < 1.29 is 4.42 Å². The van der Waals surface area contributed by atoms with Gasteiger partial charge in [-0.05, 0) is 106 Å². The summed E-state index contributed by atoms with van der Waals surface area (Å²) in [5.41, 5.74) is 12.2. The van der Waals surface area contributed by atoms with Gasteiger partial charge in [-0.1, -0.05) is 176 Å². The molecule has 0 bridgehead atoms. The first-order valence-corrected chi connectivity index (χ1v) is 26.4. The highest BCUT2D eigenvalue weighted by Gasteiger charge is 2.41. The summed E-state index contributed by atoms with van der Waals surface area (Å²) in [7, 11) is -2.77. The van der Waals surface area contributed by atoms with Gasteiger partial charge in [0.1, 0.15) is 11.2 Å². The van der Waals surface area contributed by atoms with Gasteiger partial charge in [-0.25, -0.2) is 0 Å². The quantitative estimate of drug-likeness (QED) is 0.116. The molecule has 5 heteroatoms. The van der Waals surface area contributed by atoms with Crippen LogP contribution in [0.4, 0.5) is 0 Å². The highest BCUT2D eigenvalue weighted by atomic mass is 28.3. The molecule has 4 nitrogen and oxygen atoms in total. The summed E-state index contributed by atoms with van der Waals surface area (Å²) in [6.07, 6.45) is 0. The molecule has 0 aliphatic heterocycles. The SMILES string of the molecule is c1ccc([Si](c2ccccc2)(c2ccccc2)c2cccc(-n3c4ccccc4c4cc(-n5c6ccccc6c6cc(-n7c8ccccc8c8c9oc%10ccccc%10c9ccc87)ccc65)ccc43)c2)cc1. The van der Waals surface area contributed by atoms with E-state index in [9.17, 15) is 0 Å². The molecule has 0 aliphatic rings. The summed E-state index contributed by atoms with van der Waals surface area (Å²) in [6, 6.07) is 96.3. The van der Waals surface area contributed by atoms with Crippen molar-refractivity contribution in [3.05, 3.63) is 261 Å². The molecular formula is C66H43N3OSi. The lowest BCUT2D eigenvalue weighted by Gasteiger charge is -2.34. The first kappa shape index (κ1) is 39.8. The molecule has 332 valence electrons. The fourth-order valence-electron chi connectivity index (χ4n) is 12.2. The van der Waals surface area contributed by atoms with Crippen LogP contribution in [-0.2, 0) is 0 Å². The van der Waals surface area contributed by atoms with Crippen molar-refractivity contribution in [1.29, 1.82) is 0 Å². The second-order valence-electron chi connectivity index (χ2n) is 18.8. The lowest BCUT2D eigenvalue weighted by molar-refractivity contribution is 0.673. The Kier molecular flexibility index (Phi) is 8.64. The van der Waals surface area contributed by atoms with Gasteiger partial charge < -0.3 is 18.1 Å². The van der Waals surface area contributed by atoms with Gasteiger partial charge in [0.2, 0.25) is 0 Å². The first-order chi connectivity index (χ1) is 35.2. The number of nitrogens with zero attached hydrogens (tertiary/aromatic N) is 3. The zero-order valence-electron chi connectivity index (χ0n) is 38.6. The summed E-state index contributed by atoms with van der Waals surface area (Å²) in [6.45, 7) is 0. The predicted molar refractivity (Wildman–Crippen MR) is 300 cm³/mol. The molecule has 11 aromatic carbocycles. The molecule has 0 radical (unpaired) electrons. The predicted octanol–water partition coefficient (Wildman–Crippen LogP) is 14.3. The number of rotatable bonds is 7. The van der Waals surface area contributed by atoms with E-state index in [1.54, 1.807) is 0 Å². The molecule has 0 saturated heterocycles. The van der Waals surface area contributed by atoms with E-state index in [0.717, 1.165) is 60.9 Å². The molecule has 71 heavy (non-hydrogen) atoms. The van der Waals surface area contributed by atoms with Crippen LogP contribution in [0.15, 0.2) is 265 Å². The average molecular weight is 922 g/mol. The normalized spacial score (nSPS) is 12.2. The smallest absolute Gasteiger partial charge is 0.179 e. The maximum Gasteiger partial charge on any atom is 0.179 e. The second-order valence-corrected chi connectivity index (χ2v) is 22.6. The molecule has 4 aromatic heterocycles. The minimum Gasteiger partial charge on any atom is -0.455 e. The van der Waals surface area contributed by atoms with Crippen LogP contribution in [0, 0.1) is 0 Å². The van der Waals surface area contributed by atoms with Crippen LogP contribution < -0.4 is 20.7 Å². The standard InChI is InChI=1S/C66H43N3OSi/c1-4-20-47(21-5-1)71(48-22-6-2-7-23-48,49-24-8-3-9-25-49)50-26-18-19-44(41-50)67-58-31-14-10-27-51(58)56-42-45(35-38-61(56)67)68-59-32-15-11-28-52(59)57-43-46(36-39-62(57)68)69-60-33-16-12-30-55(60)65-63(69)40-37-54-53-29-13-17-34-64(53)70-66(54)65/h1-43H. The van der Waals surface area contributed by atoms with Crippen molar-refractivity contribution in [1.82, 2.24) is 13.7 Å². The van der Waals surface area contributed by atoms with Crippen LogP contribution in [0.5, 0.6) is 0 Å². The van der Waals surface area contributed by atoms with E-state index in [2.05, 4.69) is 268 Å². The minimum absolute atomic E-state index is 0.909. The lowest BCUT2D eigenvalue weighted by atomic mass is 10.1. The van der Waals surface area contributed by atoms with Crippen LogP contribution in [0.25, 0.3) is 104 Å². The maximum absolute atomic E-state index is 6.64. The van der Waals surface area contributed by atoms with Crippen molar-refractivity contribution in [3.8, 4) is 17.1 Å². The van der Waals surface area contributed by atoms with E-state index >= 15 is 0 Å². The molecular weight excluding hydrogens is 879 g/mol.